The number of hydrogen-bond acceptors (Lipinski definition) is 2. The molecule has 0 radical (unpaired) electrons. The minimum Gasteiger partial charge on any atom is -0.243 e. The molecule has 0 saturated carbocycles. The van der Waals surface area contributed by atoms with E-state index >= 15 is 0 Å². The second-order valence-electron chi connectivity index (χ2n) is 4.60. The summed E-state index contributed by atoms with van der Waals surface area (Å²) in [6.45, 7) is 0. The number of aromatic nitrogens is 1. The molecule has 0 aliphatic rings. The molecule has 0 fully saturated rings. The van der Waals surface area contributed by atoms with Gasteiger partial charge in [0.05, 0.1) is 15.2 Å². The van der Waals surface area contributed by atoms with Crippen LogP contribution in [0.25, 0.3) is 10.2 Å². The second-order valence-corrected chi connectivity index (χ2v) is 7.54. The number of aryl methyl sites for hydroxylation is 1. The second kappa shape index (κ2) is 7.80. The number of hydrogen-bond donors (Lipinski definition) is 0. The third-order valence-electron chi connectivity index (χ3n) is 3.05. The maximum absolute atomic E-state index is 13.6. The van der Waals surface area contributed by atoms with Crippen molar-refractivity contribution < 1.29 is 8.78 Å². The van der Waals surface area contributed by atoms with Crippen molar-refractivity contribution in [2.45, 2.75) is 36.4 Å². The van der Waals surface area contributed by atoms with Gasteiger partial charge in [-0.2, -0.15) is 0 Å². The van der Waals surface area contributed by atoms with Gasteiger partial charge in [0.25, 0.3) is 0 Å². The van der Waals surface area contributed by atoms with Crippen LogP contribution in [0.15, 0.2) is 24.3 Å². The predicted molar refractivity (Wildman–Crippen MR) is 88.9 cm³/mol. The van der Waals surface area contributed by atoms with Gasteiger partial charge in [-0.1, -0.05) is 44.0 Å². The summed E-state index contributed by atoms with van der Waals surface area (Å²) in [5.74, 6) is 0. The van der Waals surface area contributed by atoms with E-state index in [4.69, 9.17) is 0 Å². The van der Waals surface area contributed by atoms with Crippen molar-refractivity contribution in [2.75, 3.05) is 5.33 Å². The van der Waals surface area contributed by atoms with Gasteiger partial charge in [-0.3, -0.25) is 0 Å². The molecule has 0 aliphatic heterocycles. The fourth-order valence-electron chi connectivity index (χ4n) is 1.95. The molecule has 0 spiro atoms. The van der Waals surface area contributed by atoms with Gasteiger partial charge in [-0.15, -0.1) is 11.3 Å². The van der Waals surface area contributed by atoms with Crippen LogP contribution < -0.4 is 0 Å². The minimum atomic E-state index is -1.47. The van der Waals surface area contributed by atoms with Crippen LogP contribution in [0, 0.1) is 0 Å². The zero-order valence-corrected chi connectivity index (χ0v) is 14.7. The first-order chi connectivity index (χ1) is 9.61. The number of benzene rings is 1. The van der Waals surface area contributed by atoms with Gasteiger partial charge in [-0.25, -0.2) is 13.8 Å². The van der Waals surface area contributed by atoms with Crippen LogP contribution in [0.3, 0.4) is 0 Å². The molecule has 0 aliphatic carbocycles. The molecule has 1 aromatic heterocycles. The van der Waals surface area contributed by atoms with Crippen molar-refractivity contribution in [1.29, 1.82) is 0 Å². The van der Waals surface area contributed by atoms with Gasteiger partial charge < -0.3 is 0 Å². The Morgan fingerprint density at radius 2 is 2.00 bits per heavy atom. The fraction of sp³-hybridized carbons (Fsp3) is 0.500. The average molecular weight is 427 g/mol. The number of fused-ring (bicyclic) bond motifs is 1. The van der Waals surface area contributed by atoms with Gasteiger partial charge in [0.15, 0.2) is 0 Å². The smallest absolute Gasteiger partial charge is 0.144 e. The standard InChI is InChI=1S/C14H15Br2F2NS/c15-8-10(17)14(18)9(16)4-3-7-13-19-11-5-1-2-6-12(11)20-13/h1-2,5-6,9-10,14H,3-4,7-8H2. The van der Waals surface area contributed by atoms with Gasteiger partial charge in [0.2, 0.25) is 0 Å². The van der Waals surface area contributed by atoms with Gasteiger partial charge in [0, 0.05) is 10.2 Å². The Labute approximate surface area is 138 Å². The first-order valence-corrected chi connectivity index (χ1v) is 9.30. The molecule has 2 rings (SSSR count). The molecule has 0 amide bonds. The van der Waals surface area contributed by atoms with E-state index in [-0.39, 0.29) is 5.33 Å². The monoisotopic (exact) mass is 425 g/mol. The molecule has 3 unspecified atom stereocenters. The third kappa shape index (κ3) is 4.21. The number of alkyl halides is 4. The Kier molecular flexibility index (Phi) is 6.36. The molecule has 1 nitrogen and oxygen atoms in total. The van der Waals surface area contributed by atoms with E-state index in [9.17, 15) is 8.78 Å². The molecule has 0 saturated heterocycles. The number of thiazole rings is 1. The summed E-state index contributed by atoms with van der Waals surface area (Å²) < 4.78 is 28.0. The van der Waals surface area contributed by atoms with E-state index in [0.717, 1.165) is 23.4 Å². The summed E-state index contributed by atoms with van der Waals surface area (Å²) >= 11 is 7.87. The van der Waals surface area contributed by atoms with Crippen molar-refractivity contribution in [3.05, 3.63) is 29.3 Å². The van der Waals surface area contributed by atoms with E-state index in [2.05, 4.69) is 36.8 Å². The lowest BCUT2D eigenvalue weighted by atomic mass is 10.1. The third-order valence-corrected chi connectivity index (χ3v) is 5.72. The molecule has 1 heterocycles. The first kappa shape index (κ1) is 16.3. The Morgan fingerprint density at radius 3 is 2.70 bits per heavy atom. The van der Waals surface area contributed by atoms with Crippen LogP contribution >= 0.6 is 43.2 Å². The summed E-state index contributed by atoms with van der Waals surface area (Å²) in [5, 5.41) is 1.09. The van der Waals surface area contributed by atoms with E-state index in [1.54, 1.807) is 11.3 Å². The molecular weight excluding hydrogens is 412 g/mol. The molecule has 3 atom stereocenters. The van der Waals surface area contributed by atoms with Crippen molar-refractivity contribution in [3.8, 4) is 0 Å². The number of halogens is 4. The molecule has 110 valence electrons. The van der Waals surface area contributed by atoms with Gasteiger partial charge in [0.1, 0.15) is 12.3 Å². The summed E-state index contributed by atoms with van der Waals surface area (Å²) in [7, 11) is 0. The maximum atomic E-state index is 13.6. The highest BCUT2D eigenvalue weighted by Gasteiger charge is 2.26. The lowest BCUT2D eigenvalue weighted by Gasteiger charge is -2.16. The molecule has 2 aromatic rings. The van der Waals surface area contributed by atoms with Crippen LogP contribution in [-0.4, -0.2) is 27.5 Å². The molecule has 20 heavy (non-hydrogen) atoms. The van der Waals surface area contributed by atoms with Crippen molar-refractivity contribution in [2.24, 2.45) is 0 Å². The van der Waals surface area contributed by atoms with E-state index in [1.165, 1.54) is 4.70 Å². The van der Waals surface area contributed by atoms with Crippen LogP contribution in [0.4, 0.5) is 8.78 Å². The van der Waals surface area contributed by atoms with Crippen molar-refractivity contribution >= 4 is 53.4 Å². The SMILES string of the molecule is FC(CBr)C(F)C(Br)CCCc1nc2ccccc2s1. The fourth-order valence-corrected chi connectivity index (χ4v) is 3.97. The molecule has 6 heteroatoms. The number of nitrogens with zero attached hydrogens (tertiary/aromatic N) is 1. The average Bonchev–Trinajstić information content (AvgIpc) is 2.88. The first-order valence-electron chi connectivity index (χ1n) is 6.44. The summed E-state index contributed by atoms with van der Waals surface area (Å²) in [4.78, 5) is 4.09. The van der Waals surface area contributed by atoms with E-state index in [1.807, 2.05) is 24.3 Å². The molecule has 0 N–H and O–H groups in total. The van der Waals surface area contributed by atoms with E-state index in [0.29, 0.717) is 6.42 Å². The zero-order valence-electron chi connectivity index (χ0n) is 10.7. The van der Waals surface area contributed by atoms with Gasteiger partial charge >= 0.3 is 0 Å². The van der Waals surface area contributed by atoms with Crippen LogP contribution in [0.1, 0.15) is 17.8 Å². The lowest BCUT2D eigenvalue weighted by molar-refractivity contribution is 0.181. The highest BCUT2D eigenvalue weighted by molar-refractivity contribution is 9.09. The number of para-hydroxylation sites is 1. The minimum absolute atomic E-state index is 0.0358. The highest BCUT2D eigenvalue weighted by Crippen LogP contribution is 2.25. The Bertz CT molecular complexity index is 516. The zero-order chi connectivity index (χ0) is 14.5. The quantitative estimate of drug-likeness (QED) is 0.536. The summed E-state index contributed by atoms with van der Waals surface area (Å²) in [6, 6.07) is 8.00. The van der Waals surface area contributed by atoms with Crippen LogP contribution in [-0.2, 0) is 6.42 Å². The van der Waals surface area contributed by atoms with Gasteiger partial charge in [-0.05, 0) is 31.4 Å². The Hall–Kier alpha value is -0.0700. The largest absolute Gasteiger partial charge is 0.243 e. The van der Waals surface area contributed by atoms with Crippen molar-refractivity contribution in [1.82, 2.24) is 4.98 Å². The maximum Gasteiger partial charge on any atom is 0.144 e. The lowest BCUT2D eigenvalue weighted by Crippen LogP contribution is -2.28. The Balaban J connectivity index is 1.83. The Morgan fingerprint density at radius 1 is 1.25 bits per heavy atom. The van der Waals surface area contributed by atoms with E-state index < -0.39 is 17.2 Å². The highest BCUT2D eigenvalue weighted by atomic mass is 79.9. The van der Waals surface area contributed by atoms with Crippen LogP contribution in [0.2, 0.25) is 0 Å². The topological polar surface area (TPSA) is 12.9 Å². The normalized spacial score (nSPS) is 16.2. The summed E-state index contributed by atoms with van der Waals surface area (Å²) in [6.07, 6.45) is -0.721. The van der Waals surface area contributed by atoms with Crippen LogP contribution in [0.5, 0.6) is 0 Å². The van der Waals surface area contributed by atoms with Crippen molar-refractivity contribution in [3.63, 3.8) is 0 Å². The summed E-state index contributed by atoms with van der Waals surface area (Å²) in [5.41, 5.74) is 1.01. The number of rotatable bonds is 7. The molecular formula is C14H15Br2F2NS. The molecule has 0 bridgehead atoms. The molecule has 1 aromatic carbocycles. The predicted octanol–water partition coefficient (Wildman–Crippen LogP) is 5.45.